The Morgan fingerprint density at radius 2 is 1.82 bits per heavy atom. The molecule has 116 valence electrons. The second-order valence-electron chi connectivity index (χ2n) is 4.85. The van der Waals surface area contributed by atoms with Gasteiger partial charge in [-0.1, -0.05) is 24.3 Å². The number of amides is 1. The zero-order valence-corrected chi connectivity index (χ0v) is 11.7. The molecule has 0 aromatic heterocycles. The minimum Gasteiger partial charge on any atom is -0.399 e. The first-order valence-electron chi connectivity index (χ1n) is 6.72. The highest BCUT2D eigenvalue weighted by atomic mass is 19.1. The first-order chi connectivity index (χ1) is 10.5. The van der Waals surface area contributed by atoms with Crippen molar-refractivity contribution >= 4 is 11.6 Å². The normalized spacial score (nSPS) is 13.4. The maximum Gasteiger partial charge on any atom is 0.254 e. The fourth-order valence-electron chi connectivity index (χ4n) is 2.04. The molecule has 2 unspecified atom stereocenters. The van der Waals surface area contributed by atoms with E-state index in [2.05, 4.69) is 5.32 Å². The molecule has 2 rings (SSSR count). The fraction of sp³-hybridized carbons (Fsp3) is 0.188. The van der Waals surface area contributed by atoms with E-state index in [1.54, 1.807) is 24.3 Å². The third-order valence-corrected chi connectivity index (χ3v) is 3.29. The predicted octanol–water partition coefficient (Wildman–Crippen LogP) is 1.23. The average molecular weight is 304 g/mol. The topological polar surface area (TPSA) is 95.6 Å². The molecule has 0 spiro atoms. The Labute approximate surface area is 127 Å². The monoisotopic (exact) mass is 304 g/mol. The van der Waals surface area contributed by atoms with Crippen LogP contribution in [0.1, 0.15) is 22.0 Å². The number of anilines is 1. The fourth-order valence-corrected chi connectivity index (χ4v) is 2.04. The lowest BCUT2D eigenvalue weighted by molar-refractivity contribution is 0.0700. The summed E-state index contributed by atoms with van der Waals surface area (Å²) in [6, 6.07) is 10.9. The SMILES string of the molecule is Nc1ccc(C(O)C(CO)NC(=O)c2ccccc2F)cc1. The van der Waals surface area contributed by atoms with E-state index in [1.807, 2.05) is 0 Å². The molecule has 5 N–H and O–H groups in total. The van der Waals surface area contributed by atoms with Crippen LogP contribution in [-0.2, 0) is 0 Å². The summed E-state index contributed by atoms with van der Waals surface area (Å²) < 4.78 is 13.6. The van der Waals surface area contributed by atoms with Gasteiger partial charge in [0.15, 0.2) is 0 Å². The van der Waals surface area contributed by atoms with Gasteiger partial charge in [-0.05, 0) is 29.8 Å². The number of nitrogens with two attached hydrogens (primary N) is 1. The molecule has 0 radical (unpaired) electrons. The van der Waals surface area contributed by atoms with E-state index < -0.39 is 30.5 Å². The highest BCUT2D eigenvalue weighted by Gasteiger charge is 2.23. The van der Waals surface area contributed by atoms with E-state index in [1.165, 1.54) is 24.3 Å². The van der Waals surface area contributed by atoms with Crippen LogP contribution in [0.5, 0.6) is 0 Å². The molecular formula is C16H17FN2O3. The Morgan fingerprint density at radius 3 is 2.41 bits per heavy atom. The standard InChI is InChI=1S/C16H17FN2O3/c17-13-4-2-1-3-12(13)16(22)19-14(9-20)15(21)10-5-7-11(18)8-6-10/h1-8,14-15,20-21H,9,18H2,(H,19,22). The molecule has 0 aliphatic rings. The summed E-state index contributed by atoms with van der Waals surface area (Å²) in [5, 5.41) is 22.0. The molecule has 5 nitrogen and oxygen atoms in total. The number of nitrogens with one attached hydrogen (secondary N) is 1. The van der Waals surface area contributed by atoms with E-state index in [0.29, 0.717) is 11.3 Å². The van der Waals surface area contributed by atoms with Crippen LogP contribution in [-0.4, -0.2) is 28.8 Å². The number of nitrogen functional groups attached to an aromatic ring is 1. The molecule has 0 bridgehead atoms. The summed E-state index contributed by atoms with van der Waals surface area (Å²) in [5.41, 5.74) is 6.44. The van der Waals surface area contributed by atoms with Crippen LogP contribution in [0.4, 0.5) is 10.1 Å². The van der Waals surface area contributed by atoms with Crippen LogP contribution >= 0.6 is 0 Å². The first-order valence-corrected chi connectivity index (χ1v) is 6.72. The van der Waals surface area contributed by atoms with Crippen LogP contribution in [0.15, 0.2) is 48.5 Å². The summed E-state index contributed by atoms with van der Waals surface area (Å²) in [7, 11) is 0. The largest absolute Gasteiger partial charge is 0.399 e. The van der Waals surface area contributed by atoms with Gasteiger partial charge >= 0.3 is 0 Å². The van der Waals surface area contributed by atoms with E-state index in [4.69, 9.17) is 5.73 Å². The maximum atomic E-state index is 13.6. The van der Waals surface area contributed by atoms with Crippen molar-refractivity contribution in [2.45, 2.75) is 12.1 Å². The van der Waals surface area contributed by atoms with Gasteiger partial charge in [0.25, 0.3) is 5.91 Å². The van der Waals surface area contributed by atoms with Crippen molar-refractivity contribution in [1.29, 1.82) is 0 Å². The number of hydrogen-bond acceptors (Lipinski definition) is 4. The van der Waals surface area contributed by atoms with Crippen molar-refractivity contribution in [1.82, 2.24) is 5.32 Å². The molecule has 0 saturated heterocycles. The number of hydrogen-bond donors (Lipinski definition) is 4. The van der Waals surface area contributed by atoms with Gasteiger partial charge in [0.2, 0.25) is 0 Å². The predicted molar refractivity (Wildman–Crippen MR) is 80.6 cm³/mol. The van der Waals surface area contributed by atoms with Crippen LogP contribution in [0.25, 0.3) is 0 Å². The number of aliphatic hydroxyl groups excluding tert-OH is 2. The third-order valence-electron chi connectivity index (χ3n) is 3.29. The number of carbonyl (C=O) groups excluding carboxylic acids is 1. The highest BCUT2D eigenvalue weighted by molar-refractivity contribution is 5.94. The van der Waals surface area contributed by atoms with Gasteiger partial charge < -0.3 is 21.3 Å². The third kappa shape index (κ3) is 3.60. The lowest BCUT2D eigenvalue weighted by Gasteiger charge is -2.22. The molecule has 0 fully saturated rings. The van der Waals surface area contributed by atoms with Crippen LogP contribution < -0.4 is 11.1 Å². The van der Waals surface area contributed by atoms with Crippen LogP contribution in [0.3, 0.4) is 0 Å². The lowest BCUT2D eigenvalue weighted by atomic mass is 10.0. The Kier molecular flexibility index (Phi) is 5.08. The minimum atomic E-state index is -1.14. The molecule has 22 heavy (non-hydrogen) atoms. The van der Waals surface area contributed by atoms with Crippen LogP contribution in [0.2, 0.25) is 0 Å². The first kappa shape index (κ1) is 15.9. The van der Waals surface area contributed by atoms with Gasteiger partial charge in [-0.15, -0.1) is 0 Å². The smallest absolute Gasteiger partial charge is 0.254 e. The second-order valence-corrected chi connectivity index (χ2v) is 4.85. The number of rotatable bonds is 5. The second kappa shape index (κ2) is 7.02. The van der Waals surface area contributed by atoms with Gasteiger partial charge in [-0.25, -0.2) is 4.39 Å². The van der Waals surface area contributed by atoms with Crippen LogP contribution in [0, 0.1) is 5.82 Å². The van der Waals surface area contributed by atoms with Crippen molar-refractivity contribution in [3.8, 4) is 0 Å². The zero-order chi connectivity index (χ0) is 16.1. The Balaban J connectivity index is 2.13. The summed E-state index contributed by atoms with van der Waals surface area (Å²) in [4.78, 5) is 12.0. The Bertz CT molecular complexity index is 646. The molecule has 0 aliphatic heterocycles. The number of halogens is 1. The van der Waals surface area contributed by atoms with Crippen molar-refractivity contribution in [2.75, 3.05) is 12.3 Å². The molecular weight excluding hydrogens is 287 g/mol. The molecule has 0 aliphatic carbocycles. The van der Waals surface area contributed by atoms with Gasteiger partial charge in [0.1, 0.15) is 11.9 Å². The summed E-state index contributed by atoms with van der Waals surface area (Å²) >= 11 is 0. The molecule has 0 heterocycles. The minimum absolute atomic E-state index is 0.148. The van der Waals surface area contributed by atoms with E-state index >= 15 is 0 Å². The number of aliphatic hydroxyl groups is 2. The number of carbonyl (C=O) groups is 1. The van der Waals surface area contributed by atoms with Crippen molar-refractivity contribution in [3.63, 3.8) is 0 Å². The van der Waals surface area contributed by atoms with E-state index in [0.717, 1.165) is 0 Å². The van der Waals surface area contributed by atoms with Crippen molar-refractivity contribution in [2.24, 2.45) is 0 Å². The molecule has 2 aromatic carbocycles. The average Bonchev–Trinajstić information content (AvgIpc) is 2.53. The van der Waals surface area contributed by atoms with Gasteiger partial charge in [-0.2, -0.15) is 0 Å². The molecule has 2 aromatic rings. The maximum absolute atomic E-state index is 13.6. The van der Waals surface area contributed by atoms with E-state index in [-0.39, 0.29) is 5.56 Å². The van der Waals surface area contributed by atoms with E-state index in [9.17, 15) is 19.4 Å². The Morgan fingerprint density at radius 1 is 1.18 bits per heavy atom. The highest BCUT2D eigenvalue weighted by Crippen LogP contribution is 2.19. The van der Waals surface area contributed by atoms with Gasteiger partial charge in [0.05, 0.1) is 18.2 Å². The molecule has 2 atom stereocenters. The van der Waals surface area contributed by atoms with Gasteiger partial charge in [0, 0.05) is 5.69 Å². The summed E-state index contributed by atoms with van der Waals surface area (Å²) in [6.07, 6.45) is -1.14. The number of benzene rings is 2. The zero-order valence-electron chi connectivity index (χ0n) is 11.7. The van der Waals surface area contributed by atoms with Crippen molar-refractivity contribution < 1.29 is 19.4 Å². The molecule has 1 amide bonds. The lowest BCUT2D eigenvalue weighted by Crippen LogP contribution is -2.42. The van der Waals surface area contributed by atoms with Gasteiger partial charge in [-0.3, -0.25) is 4.79 Å². The summed E-state index contributed by atoms with van der Waals surface area (Å²) in [5.74, 6) is -1.37. The van der Waals surface area contributed by atoms with Crippen molar-refractivity contribution in [3.05, 3.63) is 65.5 Å². The molecule has 6 heteroatoms. The Hall–Kier alpha value is -2.44. The quantitative estimate of drug-likeness (QED) is 0.625. The molecule has 0 saturated carbocycles. The summed E-state index contributed by atoms with van der Waals surface area (Å²) in [6.45, 7) is -0.494.